The molecule has 0 radical (unpaired) electrons. The van der Waals surface area contributed by atoms with Crippen LogP contribution in [0.3, 0.4) is 0 Å². The van der Waals surface area contributed by atoms with Gasteiger partial charge in [-0.1, -0.05) is 18.1 Å². The van der Waals surface area contributed by atoms with Gasteiger partial charge in [0.15, 0.2) is 0 Å². The maximum Gasteiger partial charge on any atom is 0.254 e. The van der Waals surface area contributed by atoms with Crippen LogP contribution in [-0.2, 0) is 0 Å². The highest BCUT2D eigenvalue weighted by Crippen LogP contribution is 2.22. The molecule has 2 aromatic carbocycles. The highest BCUT2D eigenvalue weighted by atomic mass is 19.1. The summed E-state index contributed by atoms with van der Waals surface area (Å²) < 4.78 is 18.9. The molecule has 1 aromatic heterocycles. The first-order chi connectivity index (χ1) is 15.1. The van der Waals surface area contributed by atoms with E-state index in [-0.39, 0.29) is 11.7 Å². The number of anilines is 1. The van der Waals surface area contributed by atoms with Gasteiger partial charge >= 0.3 is 0 Å². The first-order valence-corrected chi connectivity index (χ1v) is 10.0. The minimum atomic E-state index is -0.256. The van der Waals surface area contributed by atoms with E-state index in [1.54, 1.807) is 37.6 Å². The zero-order valence-corrected chi connectivity index (χ0v) is 17.2. The standard InChI is InChI=1S/C25H22FN3O2/c1-31-24-11-9-20(17-19(24)8-10-22-6-2-3-12-27-22)25(30)29-15-13-28(14-16-29)23-7-4-5-21(26)18-23/h2-7,9,11-12,17-18H,13-16H2,1H3. The molecule has 1 fully saturated rings. The number of halogens is 1. The van der Waals surface area contributed by atoms with Gasteiger partial charge in [0.1, 0.15) is 17.3 Å². The number of piperazine rings is 1. The third-order valence-electron chi connectivity index (χ3n) is 5.18. The highest BCUT2D eigenvalue weighted by molar-refractivity contribution is 5.95. The van der Waals surface area contributed by atoms with Gasteiger partial charge in [-0.2, -0.15) is 0 Å². The minimum absolute atomic E-state index is 0.0533. The number of nitrogens with zero attached hydrogens (tertiary/aromatic N) is 3. The second-order valence-electron chi connectivity index (χ2n) is 7.14. The Kier molecular flexibility index (Phi) is 6.13. The minimum Gasteiger partial charge on any atom is -0.495 e. The lowest BCUT2D eigenvalue weighted by Crippen LogP contribution is -2.48. The van der Waals surface area contributed by atoms with Crippen LogP contribution in [0.4, 0.5) is 10.1 Å². The zero-order chi connectivity index (χ0) is 21.6. The Bertz CT molecular complexity index is 1130. The van der Waals surface area contributed by atoms with Crippen molar-refractivity contribution in [2.24, 2.45) is 0 Å². The summed E-state index contributed by atoms with van der Waals surface area (Å²) >= 11 is 0. The number of rotatable bonds is 3. The summed E-state index contributed by atoms with van der Waals surface area (Å²) in [5.41, 5.74) is 2.68. The topological polar surface area (TPSA) is 45.7 Å². The van der Waals surface area contributed by atoms with Crippen molar-refractivity contribution in [3.8, 4) is 17.6 Å². The first kappa shape index (κ1) is 20.4. The Morgan fingerprint density at radius 1 is 1.00 bits per heavy atom. The van der Waals surface area contributed by atoms with E-state index < -0.39 is 0 Å². The fourth-order valence-electron chi connectivity index (χ4n) is 3.53. The number of aromatic nitrogens is 1. The maximum absolute atomic E-state index is 13.5. The molecule has 4 rings (SSSR count). The molecule has 0 atom stereocenters. The molecule has 0 bridgehead atoms. The molecular formula is C25H22FN3O2. The summed E-state index contributed by atoms with van der Waals surface area (Å²) in [5.74, 6) is 6.37. The third kappa shape index (κ3) is 4.84. The number of carbonyl (C=O) groups excluding carboxylic acids is 1. The smallest absolute Gasteiger partial charge is 0.254 e. The summed E-state index contributed by atoms with van der Waals surface area (Å²) in [5, 5.41) is 0. The van der Waals surface area contributed by atoms with Crippen molar-refractivity contribution in [2.75, 3.05) is 38.2 Å². The van der Waals surface area contributed by atoms with Crippen LogP contribution in [0.2, 0.25) is 0 Å². The number of pyridine rings is 1. The number of amides is 1. The monoisotopic (exact) mass is 415 g/mol. The van der Waals surface area contributed by atoms with Crippen molar-refractivity contribution in [2.45, 2.75) is 0 Å². The predicted octanol–water partition coefficient (Wildman–Crippen LogP) is 3.59. The molecule has 1 aliphatic heterocycles. The Hall–Kier alpha value is -3.85. The molecule has 1 aliphatic rings. The molecule has 0 unspecified atom stereocenters. The fraction of sp³-hybridized carbons (Fsp3) is 0.200. The van der Waals surface area contributed by atoms with Gasteiger partial charge in [0.05, 0.1) is 12.7 Å². The number of carbonyl (C=O) groups is 1. The number of methoxy groups -OCH3 is 1. The summed E-state index contributed by atoms with van der Waals surface area (Å²) in [6, 6.07) is 17.3. The van der Waals surface area contributed by atoms with Crippen molar-refractivity contribution >= 4 is 11.6 Å². The average molecular weight is 415 g/mol. The number of benzene rings is 2. The molecule has 0 aliphatic carbocycles. The zero-order valence-electron chi connectivity index (χ0n) is 17.2. The first-order valence-electron chi connectivity index (χ1n) is 10.0. The van der Waals surface area contributed by atoms with Crippen LogP contribution in [0.1, 0.15) is 21.6 Å². The highest BCUT2D eigenvalue weighted by Gasteiger charge is 2.23. The van der Waals surface area contributed by atoms with Gasteiger partial charge < -0.3 is 14.5 Å². The maximum atomic E-state index is 13.5. The van der Waals surface area contributed by atoms with Gasteiger partial charge in [0.25, 0.3) is 5.91 Å². The summed E-state index contributed by atoms with van der Waals surface area (Å²) in [6.45, 7) is 2.43. The summed E-state index contributed by atoms with van der Waals surface area (Å²) in [4.78, 5) is 21.2. The van der Waals surface area contributed by atoms with E-state index in [1.807, 2.05) is 29.2 Å². The van der Waals surface area contributed by atoms with Crippen LogP contribution < -0.4 is 9.64 Å². The Morgan fingerprint density at radius 2 is 1.84 bits per heavy atom. The van der Waals surface area contributed by atoms with Crippen molar-refractivity contribution < 1.29 is 13.9 Å². The largest absolute Gasteiger partial charge is 0.495 e. The van der Waals surface area contributed by atoms with Crippen LogP contribution in [0, 0.1) is 17.7 Å². The predicted molar refractivity (Wildman–Crippen MR) is 118 cm³/mol. The molecule has 3 aromatic rings. The molecule has 156 valence electrons. The number of hydrogen-bond donors (Lipinski definition) is 0. The molecule has 0 saturated carbocycles. The molecule has 1 amide bonds. The van der Waals surface area contributed by atoms with Gasteiger partial charge in [-0.25, -0.2) is 9.37 Å². The van der Waals surface area contributed by atoms with E-state index in [0.29, 0.717) is 48.7 Å². The summed E-state index contributed by atoms with van der Waals surface area (Å²) in [6.07, 6.45) is 1.69. The molecule has 6 heteroatoms. The van der Waals surface area contributed by atoms with Gasteiger partial charge in [0, 0.05) is 43.6 Å². The van der Waals surface area contributed by atoms with Crippen LogP contribution in [0.15, 0.2) is 66.9 Å². The molecule has 5 nitrogen and oxygen atoms in total. The number of hydrogen-bond acceptors (Lipinski definition) is 4. The van der Waals surface area contributed by atoms with E-state index >= 15 is 0 Å². The van der Waals surface area contributed by atoms with Crippen molar-refractivity contribution in [3.63, 3.8) is 0 Å². The van der Waals surface area contributed by atoms with Crippen LogP contribution in [0.25, 0.3) is 0 Å². The van der Waals surface area contributed by atoms with E-state index in [0.717, 1.165) is 5.69 Å². The van der Waals surface area contributed by atoms with Crippen LogP contribution in [0.5, 0.6) is 5.75 Å². The lowest BCUT2D eigenvalue weighted by atomic mass is 10.1. The lowest BCUT2D eigenvalue weighted by Gasteiger charge is -2.36. The Labute approximate surface area is 181 Å². The van der Waals surface area contributed by atoms with Gasteiger partial charge in [-0.15, -0.1) is 0 Å². The van der Waals surface area contributed by atoms with Crippen LogP contribution in [-0.4, -0.2) is 49.1 Å². The van der Waals surface area contributed by atoms with Crippen LogP contribution >= 0.6 is 0 Å². The molecule has 0 spiro atoms. The lowest BCUT2D eigenvalue weighted by molar-refractivity contribution is 0.0746. The van der Waals surface area contributed by atoms with Crippen molar-refractivity contribution in [1.82, 2.24) is 9.88 Å². The number of ether oxygens (including phenoxy) is 1. The SMILES string of the molecule is COc1ccc(C(=O)N2CCN(c3cccc(F)c3)CC2)cc1C#Cc1ccccn1. The molecule has 2 heterocycles. The fourth-order valence-corrected chi connectivity index (χ4v) is 3.53. The van der Waals surface area contributed by atoms with E-state index in [9.17, 15) is 9.18 Å². The van der Waals surface area contributed by atoms with E-state index in [1.165, 1.54) is 12.1 Å². The average Bonchev–Trinajstić information content (AvgIpc) is 2.83. The Morgan fingerprint density at radius 3 is 2.55 bits per heavy atom. The molecule has 0 N–H and O–H groups in total. The van der Waals surface area contributed by atoms with E-state index in [2.05, 4.69) is 21.7 Å². The van der Waals surface area contributed by atoms with Gasteiger partial charge in [0.2, 0.25) is 0 Å². The normalized spacial score (nSPS) is 13.4. The Balaban J connectivity index is 1.48. The van der Waals surface area contributed by atoms with Crippen molar-refractivity contribution in [3.05, 3.63) is 89.5 Å². The molecule has 1 saturated heterocycles. The second kappa shape index (κ2) is 9.31. The second-order valence-corrected chi connectivity index (χ2v) is 7.14. The van der Waals surface area contributed by atoms with Gasteiger partial charge in [-0.3, -0.25) is 4.79 Å². The molecular weight excluding hydrogens is 393 g/mol. The molecule has 31 heavy (non-hydrogen) atoms. The van der Waals surface area contributed by atoms with E-state index in [4.69, 9.17) is 4.74 Å². The quantitative estimate of drug-likeness (QED) is 0.614. The third-order valence-corrected chi connectivity index (χ3v) is 5.18. The van der Waals surface area contributed by atoms with Crippen molar-refractivity contribution in [1.29, 1.82) is 0 Å². The van der Waals surface area contributed by atoms with Gasteiger partial charge in [-0.05, 0) is 54.5 Å². The summed E-state index contributed by atoms with van der Waals surface area (Å²) in [7, 11) is 1.58.